The lowest BCUT2D eigenvalue weighted by Crippen LogP contribution is -2.45. The summed E-state index contributed by atoms with van der Waals surface area (Å²) in [7, 11) is 0. The predicted molar refractivity (Wildman–Crippen MR) is 105 cm³/mol. The fourth-order valence-corrected chi connectivity index (χ4v) is 3.47. The van der Waals surface area contributed by atoms with E-state index in [2.05, 4.69) is 4.98 Å². The molecule has 2 N–H and O–H groups in total. The number of hydrogen-bond donors (Lipinski definition) is 1. The number of aromatic nitrogens is 1. The van der Waals surface area contributed by atoms with Gasteiger partial charge in [0.15, 0.2) is 5.76 Å². The normalized spacial score (nSPS) is 17.1. The standard InChI is InChI=1S/C22H23N3O2/c1-15-8-10-16(11-9-15)20-13-24-21(27-20)18-6-2-3-7-19(18)22(26)25-12-4-5-17(23)14-25/h2-3,6-11,13,17H,4-5,12,14,23H2,1H3. The Hall–Kier alpha value is -2.92. The van der Waals surface area contributed by atoms with Gasteiger partial charge in [-0.2, -0.15) is 0 Å². The number of rotatable bonds is 3. The number of nitrogens with two attached hydrogens (primary N) is 1. The first kappa shape index (κ1) is 17.5. The third kappa shape index (κ3) is 3.64. The lowest BCUT2D eigenvalue weighted by Gasteiger charge is -2.31. The molecular weight excluding hydrogens is 338 g/mol. The van der Waals surface area contributed by atoms with Crippen molar-refractivity contribution in [1.82, 2.24) is 9.88 Å². The van der Waals surface area contributed by atoms with Crippen LogP contribution >= 0.6 is 0 Å². The molecule has 0 spiro atoms. The molecule has 1 aliphatic heterocycles. The van der Waals surface area contributed by atoms with Crippen LogP contribution < -0.4 is 5.73 Å². The average Bonchev–Trinajstić information content (AvgIpc) is 3.18. The number of likely N-dealkylation sites (tertiary alicyclic amines) is 1. The Kier molecular flexibility index (Phi) is 4.77. The molecular formula is C22H23N3O2. The highest BCUT2D eigenvalue weighted by Crippen LogP contribution is 2.29. The first-order valence-electron chi connectivity index (χ1n) is 9.29. The maximum atomic E-state index is 13.1. The Bertz CT molecular complexity index is 946. The highest BCUT2D eigenvalue weighted by atomic mass is 16.4. The first-order chi connectivity index (χ1) is 13.1. The van der Waals surface area contributed by atoms with Crippen LogP contribution in [0.5, 0.6) is 0 Å². The Morgan fingerprint density at radius 2 is 1.96 bits per heavy atom. The Morgan fingerprint density at radius 3 is 2.74 bits per heavy atom. The van der Waals surface area contributed by atoms with Crippen LogP contribution in [0.1, 0.15) is 28.8 Å². The zero-order valence-corrected chi connectivity index (χ0v) is 15.4. The molecule has 1 unspecified atom stereocenters. The van der Waals surface area contributed by atoms with Crippen LogP contribution in [0.15, 0.2) is 59.1 Å². The van der Waals surface area contributed by atoms with E-state index in [9.17, 15) is 4.79 Å². The average molecular weight is 361 g/mol. The summed E-state index contributed by atoms with van der Waals surface area (Å²) < 4.78 is 5.99. The minimum Gasteiger partial charge on any atom is -0.436 e. The van der Waals surface area contributed by atoms with Crippen molar-refractivity contribution in [3.63, 3.8) is 0 Å². The zero-order valence-electron chi connectivity index (χ0n) is 15.4. The van der Waals surface area contributed by atoms with Crippen LogP contribution in [0.4, 0.5) is 0 Å². The van der Waals surface area contributed by atoms with Gasteiger partial charge in [-0.1, -0.05) is 42.0 Å². The second-order valence-electron chi connectivity index (χ2n) is 7.09. The van der Waals surface area contributed by atoms with Gasteiger partial charge in [-0.25, -0.2) is 4.98 Å². The van der Waals surface area contributed by atoms with Crippen LogP contribution in [-0.2, 0) is 0 Å². The number of piperidine rings is 1. The minimum absolute atomic E-state index is 0.0177. The SMILES string of the molecule is Cc1ccc(-c2cnc(-c3ccccc3C(=O)N3CCCC(N)C3)o2)cc1. The number of oxazole rings is 1. The van der Waals surface area contributed by atoms with Gasteiger partial charge in [0, 0.05) is 30.3 Å². The molecule has 3 aromatic rings. The minimum atomic E-state index is -0.0177. The molecule has 1 atom stereocenters. The number of amides is 1. The predicted octanol–water partition coefficient (Wildman–Crippen LogP) is 3.88. The van der Waals surface area contributed by atoms with Crippen LogP contribution in [-0.4, -0.2) is 34.9 Å². The van der Waals surface area contributed by atoms with Gasteiger partial charge >= 0.3 is 0 Å². The number of carbonyl (C=O) groups is 1. The van der Waals surface area contributed by atoms with Crippen molar-refractivity contribution < 1.29 is 9.21 Å². The number of hydrogen-bond acceptors (Lipinski definition) is 4. The van der Waals surface area contributed by atoms with Gasteiger partial charge in [0.05, 0.1) is 11.8 Å². The number of benzene rings is 2. The molecule has 2 aromatic carbocycles. The van der Waals surface area contributed by atoms with Crippen LogP contribution in [0.2, 0.25) is 0 Å². The molecule has 1 aliphatic rings. The molecule has 5 nitrogen and oxygen atoms in total. The van der Waals surface area contributed by atoms with Crippen molar-refractivity contribution >= 4 is 5.91 Å². The third-order valence-electron chi connectivity index (χ3n) is 4.97. The highest BCUT2D eigenvalue weighted by molar-refractivity contribution is 6.00. The van der Waals surface area contributed by atoms with E-state index in [1.807, 2.05) is 60.4 Å². The van der Waals surface area contributed by atoms with Gasteiger partial charge in [0.1, 0.15) is 0 Å². The van der Waals surface area contributed by atoms with Gasteiger partial charge < -0.3 is 15.1 Å². The summed E-state index contributed by atoms with van der Waals surface area (Å²) in [6, 6.07) is 15.6. The lowest BCUT2D eigenvalue weighted by atomic mass is 10.0. The summed E-state index contributed by atoms with van der Waals surface area (Å²) >= 11 is 0. The summed E-state index contributed by atoms with van der Waals surface area (Å²) in [6.45, 7) is 3.37. The molecule has 0 bridgehead atoms. The molecule has 1 amide bonds. The van der Waals surface area contributed by atoms with Crippen LogP contribution in [0.25, 0.3) is 22.8 Å². The molecule has 1 saturated heterocycles. The van der Waals surface area contributed by atoms with Gasteiger partial charge in [-0.15, -0.1) is 0 Å². The molecule has 0 aliphatic carbocycles. The smallest absolute Gasteiger partial charge is 0.254 e. The van der Waals surface area contributed by atoms with Gasteiger partial charge in [-0.3, -0.25) is 4.79 Å². The van der Waals surface area contributed by atoms with Crippen molar-refractivity contribution in [3.8, 4) is 22.8 Å². The molecule has 5 heteroatoms. The topological polar surface area (TPSA) is 72.4 Å². The second kappa shape index (κ2) is 7.37. The maximum absolute atomic E-state index is 13.1. The molecule has 4 rings (SSSR count). The molecule has 138 valence electrons. The molecule has 0 radical (unpaired) electrons. The van der Waals surface area contributed by atoms with Gasteiger partial charge in [-0.05, 0) is 31.9 Å². The van der Waals surface area contributed by atoms with E-state index in [0.717, 1.165) is 24.9 Å². The quantitative estimate of drug-likeness (QED) is 0.768. The largest absolute Gasteiger partial charge is 0.436 e. The molecule has 0 saturated carbocycles. The van der Waals surface area contributed by atoms with E-state index in [-0.39, 0.29) is 11.9 Å². The number of carbonyl (C=O) groups excluding carboxylic acids is 1. The Labute approximate surface area is 158 Å². The Balaban J connectivity index is 1.65. The summed E-state index contributed by atoms with van der Waals surface area (Å²) in [5.74, 6) is 1.12. The monoisotopic (exact) mass is 361 g/mol. The van der Waals surface area contributed by atoms with E-state index in [1.54, 1.807) is 6.20 Å². The lowest BCUT2D eigenvalue weighted by molar-refractivity contribution is 0.0709. The van der Waals surface area contributed by atoms with Crippen LogP contribution in [0.3, 0.4) is 0 Å². The molecule has 1 aromatic heterocycles. The maximum Gasteiger partial charge on any atom is 0.254 e. The van der Waals surface area contributed by atoms with E-state index in [1.165, 1.54) is 5.56 Å². The zero-order chi connectivity index (χ0) is 18.8. The van der Waals surface area contributed by atoms with Gasteiger partial charge in [0.25, 0.3) is 5.91 Å². The second-order valence-corrected chi connectivity index (χ2v) is 7.09. The van der Waals surface area contributed by atoms with Crippen molar-refractivity contribution in [3.05, 3.63) is 65.9 Å². The third-order valence-corrected chi connectivity index (χ3v) is 4.97. The fourth-order valence-electron chi connectivity index (χ4n) is 3.47. The van der Waals surface area contributed by atoms with Crippen molar-refractivity contribution in [1.29, 1.82) is 0 Å². The molecule has 27 heavy (non-hydrogen) atoms. The van der Waals surface area contributed by atoms with Crippen molar-refractivity contribution in [2.75, 3.05) is 13.1 Å². The van der Waals surface area contributed by atoms with E-state index in [0.29, 0.717) is 29.3 Å². The van der Waals surface area contributed by atoms with Crippen LogP contribution in [0, 0.1) is 6.92 Å². The summed E-state index contributed by atoms with van der Waals surface area (Å²) in [5, 5.41) is 0. The fraction of sp³-hybridized carbons (Fsp3) is 0.273. The van der Waals surface area contributed by atoms with Crippen molar-refractivity contribution in [2.24, 2.45) is 5.73 Å². The van der Waals surface area contributed by atoms with E-state index in [4.69, 9.17) is 10.2 Å². The highest BCUT2D eigenvalue weighted by Gasteiger charge is 2.25. The van der Waals surface area contributed by atoms with Gasteiger partial charge in [0.2, 0.25) is 5.89 Å². The number of aryl methyl sites for hydroxylation is 1. The molecule has 2 heterocycles. The van der Waals surface area contributed by atoms with Crippen molar-refractivity contribution in [2.45, 2.75) is 25.8 Å². The molecule has 1 fully saturated rings. The summed E-state index contributed by atoms with van der Waals surface area (Å²) in [5.41, 5.74) is 9.51. The van der Waals surface area contributed by atoms with E-state index >= 15 is 0 Å². The number of nitrogens with zero attached hydrogens (tertiary/aromatic N) is 2. The summed E-state index contributed by atoms with van der Waals surface area (Å²) in [4.78, 5) is 19.3. The Morgan fingerprint density at radius 1 is 1.19 bits per heavy atom. The first-order valence-corrected chi connectivity index (χ1v) is 9.29. The van der Waals surface area contributed by atoms with E-state index < -0.39 is 0 Å². The summed E-state index contributed by atoms with van der Waals surface area (Å²) in [6.07, 6.45) is 3.61.